The number of benzene rings is 1. The van der Waals surface area contributed by atoms with Gasteiger partial charge in [0, 0.05) is 24.5 Å². The lowest BCUT2D eigenvalue weighted by Crippen LogP contribution is -2.39. The lowest BCUT2D eigenvalue weighted by Gasteiger charge is -2.34. The van der Waals surface area contributed by atoms with Crippen LogP contribution in [0.5, 0.6) is 0 Å². The molecule has 104 valence electrons. The van der Waals surface area contributed by atoms with Crippen LogP contribution in [-0.4, -0.2) is 23.9 Å². The quantitative estimate of drug-likeness (QED) is 0.768. The third-order valence-electron chi connectivity index (χ3n) is 4.10. The first kappa shape index (κ1) is 14.4. The van der Waals surface area contributed by atoms with Crippen molar-refractivity contribution in [1.29, 1.82) is 0 Å². The predicted octanol–water partition coefficient (Wildman–Crippen LogP) is 3.93. The van der Waals surface area contributed by atoms with E-state index < -0.39 is 0 Å². The third kappa shape index (κ3) is 3.50. The summed E-state index contributed by atoms with van der Waals surface area (Å²) >= 11 is 5.82. The van der Waals surface area contributed by atoms with Crippen molar-refractivity contribution in [2.24, 2.45) is 11.8 Å². The molecule has 0 aliphatic carbocycles. The third-order valence-corrected chi connectivity index (χ3v) is 4.41. The SMILES string of the molecule is CC(C)C1CCN(C(=O)c2cccc(CCl)c2)CC1. The van der Waals surface area contributed by atoms with Crippen molar-refractivity contribution in [3.05, 3.63) is 35.4 Å². The zero-order valence-electron chi connectivity index (χ0n) is 11.7. The molecule has 19 heavy (non-hydrogen) atoms. The number of piperidine rings is 1. The van der Waals surface area contributed by atoms with Gasteiger partial charge in [-0.3, -0.25) is 4.79 Å². The minimum absolute atomic E-state index is 0.147. The van der Waals surface area contributed by atoms with E-state index in [-0.39, 0.29) is 5.91 Å². The van der Waals surface area contributed by atoms with Crippen LogP contribution in [0, 0.1) is 11.8 Å². The Morgan fingerprint density at radius 2 is 2.05 bits per heavy atom. The number of hydrogen-bond donors (Lipinski definition) is 0. The van der Waals surface area contributed by atoms with E-state index in [1.54, 1.807) is 0 Å². The summed E-state index contributed by atoms with van der Waals surface area (Å²) in [6.07, 6.45) is 2.25. The summed E-state index contributed by atoms with van der Waals surface area (Å²) in [7, 11) is 0. The number of likely N-dealkylation sites (tertiary alicyclic amines) is 1. The highest BCUT2D eigenvalue weighted by Crippen LogP contribution is 2.25. The van der Waals surface area contributed by atoms with Gasteiger partial charge < -0.3 is 4.90 Å². The maximum Gasteiger partial charge on any atom is 0.253 e. The number of hydrogen-bond acceptors (Lipinski definition) is 1. The Bertz CT molecular complexity index is 436. The minimum atomic E-state index is 0.147. The molecule has 1 aromatic rings. The molecule has 0 N–H and O–H groups in total. The van der Waals surface area contributed by atoms with Gasteiger partial charge in [-0.2, -0.15) is 0 Å². The Balaban J connectivity index is 2.01. The molecule has 0 radical (unpaired) electrons. The molecule has 0 aromatic heterocycles. The fraction of sp³-hybridized carbons (Fsp3) is 0.562. The second-order valence-electron chi connectivity index (χ2n) is 5.71. The molecule has 0 atom stereocenters. The van der Waals surface area contributed by atoms with Gasteiger partial charge >= 0.3 is 0 Å². The molecule has 1 aliphatic heterocycles. The molecule has 1 heterocycles. The fourth-order valence-corrected chi connectivity index (χ4v) is 2.91. The van der Waals surface area contributed by atoms with Gasteiger partial charge in [0.1, 0.15) is 0 Å². The zero-order chi connectivity index (χ0) is 13.8. The summed E-state index contributed by atoms with van der Waals surface area (Å²) in [5, 5.41) is 0. The minimum Gasteiger partial charge on any atom is -0.339 e. The van der Waals surface area contributed by atoms with Crippen molar-refractivity contribution in [2.75, 3.05) is 13.1 Å². The highest BCUT2D eigenvalue weighted by Gasteiger charge is 2.25. The van der Waals surface area contributed by atoms with Gasteiger partial charge in [0.15, 0.2) is 0 Å². The van der Waals surface area contributed by atoms with Crippen molar-refractivity contribution in [3.63, 3.8) is 0 Å². The van der Waals surface area contributed by atoms with Crippen molar-refractivity contribution >= 4 is 17.5 Å². The zero-order valence-corrected chi connectivity index (χ0v) is 12.5. The summed E-state index contributed by atoms with van der Waals surface area (Å²) < 4.78 is 0. The molecule has 3 heteroatoms. The molecule has 1 amide bonds. The van der Waals surface area contributed by atoms with E-state index in [0.29, 0.717) is 5.88 Å². The standard InChI is InChI=1S/C16H22ClNO/c1-12(2)14-6-8-18(9-7-14)16(19)15-5-3-4-13(10-15)11-17/h3-5,10,12,14H,6-9,11H2,1-2H3. The number of alkyl halides is 1. The summed E-state index contributed by atoms with van der Waals surface area (Å²) in [6.45, 7) is 6.30. The smallest absolute Gasteiger partial charge is 0.253 e. The van der Waals surface area contributed by atoms with Gasteiger partial charge in [-0.15, -0.1) is 11.6 Å². The predicted molar refractivity (Wildman–Crippen MR) is 79.5 cm³/mol. The number of halogens is 1. The van der Waals surface area contributed by atoms with E-state index in [1.165, 1.54) is 0 Å². The van der Waals surface area contributed by atoms with E-state index in [2.05, 4.69) is 13.8 Å². The molecule has 1 aliphatic rings. The Labute approximate surface area is 120 Å². The van der Waals surface area contributed by atoms with E-state index >= 15 is 0 Å². The first-order valence-electron chi connectivity index (χ1n) is 7.06. The van der Waals surface area contributed by atoms with Gasteiger partial charge in [-0.05, 0) is 42.4 Å². The maximum atomic E-state index is 12.4. The second-order valence-corrected chi connectivity index (χ2v) is 5.97. The van der Waals surface area contributed by atoms with Crippen LogP contribution in [0.4, 0.5) is 0 Å². The first-order valence-corrected chi connectivity index (χ1v) is 7.59. The number of carbonyl (C=O) groups is 1. The Hall–Kier alpha value is -1.02. The van der Waals surface area contributed by atoms with Crippen LogP contribution in [0.2, 0.25) is 0 Å². The topological polar surface area (TPSA) is 20.3 Å². The van der Waals surface area contributed by atoms with Gasteiger partial charge in [-0.25, -0.2) is 0 Å². The van der Waals surface area contributed by atoms with Crippen molar-refractivity contribution in [1.82, 2.24) is 4.90 Å². The van der Waals surface area contributed by atoms with Crippen LogP contribution in [-0.2, 0) is 5.88 Å². The molecule has 1 saturated heterocycles. The summed E-state index contributed by atoms with van der Waals surface area (Å²) in [6, 6.07) is 7.65. The molecule has 0 unspecified atom stereocenters. The number of carbonyl (C=O) groups excluding carboxylic acids is 1. The summed E-state index contributed by atoms with van der Waals surface area (Å²) in [5.41, 5.74) is 1.77. The molecule has 2 nitrogen and oxygen atoms in total. The fourth-order valence-electron chi connectivity index (χ4n) is 2.74. The van der Waals surface area contributed by atoms with Gasteiger partial charge in [0.25, 0.3) is 5.91 Å². The average molecular weight is 280 g/mol. The largest absolute Gasteiger partial charge is 0.339 e. The normalized spacial score (nSPS) is 16.9. The van der Waals surface area contributed by atoms with Crippen LogP contribution in [0.3, 0.4) is 0 Å². The number of amides is 1. The van der Waals surface area contributed by atoms with Crippen LogP contribution in [0.1, 0.15) is 42.6 Å². The van der Waals surface area contributed by atoms with E-state index in [0.717, 1.165) is 48.9 Å². The highest BCUT2D eigenvalue weighted by atomic mass is 35.5. The molecule has 1 aromatic carbocycles. The average Bonchev–Trinajstić information content (AvgIpc) is 2.46. The van der Waals surface area contributed by atoms with Crippen LogP contribution < -0.4 is 0 Å². The van der Waals surface area contributed by atoms with E-state index in [1.807, 2.05) is 29.2 Å². The monoisotopic (exact) mass is 279 g/mol. The summed E-state index contributed by atoms with van der Waals surface area (Å²) in [4.78, 5) is 14.4. The lowest BCUT2D eigenvalue weighted by atomic mass is 9.86. The van der Waals surface area contributed by atoms with E-state index in [9.17, 15) is 4.79 Å². The van der Waals surface area contributed by atoms with Gasteiger partial charge in [0.05, 0.1) is 0 Å². The lowest BCUT2D eigenvalue weighted by molar-refractivity contribution is 0.0667. The van der Waals surface area contributed by atoms with Crippen LogP contribution in [0.25, 0.3) is 0 Å². The second kappa shape index (κ2) is 6.42. The maximum absolute atomic E-state index is 12.4. The molecular weight excluding hydrogens is 258 g/mol. The van der Waals surface area contributed by atoms with Gasteiger partial charge in [-0.1, -0.05) is 26.0 Å². The van der Waals surface area contributed by atoms with Crippen molar-refractivity contribution in [3.8, 4) is 0 Å². The molecule has 0 saturated carbocycles. The van der Waals surface area contributed by atoms with Crippen molar-refractivity contribution in [2.45, 2.75) is 32.6 Å². The number of nitrogens with zero attached hydrogens (tertiary/aromatic N) is 1. The highest BCUT2D eigenvalue weighted by molar-refractivity contribution is 6.17. The number of rotatable bonds is 3. The van der Waals surface area contributed by atoms with Crippen LogP contribution in [0.15, 0.2) is 24.3 Å². The van der Waals surface area contributed by atoms with Crippen LogP contribution >= 0.6 is 11.6 Å². The molecule has 0 bridgehead atoms. The Morgan fingerprint density at radius 1 is 1.37 bits per heavy atom. The van der Waals surface area contributed by atoms with Crippen molar-refractivity contribution < 1.29 is 4.79 Å². The molecule has 2 rings (SSSR count). The molecule has 1 fully saturated rings. The van der Waals surface area contributed by atoms with E-state index in [4.69, 9.17) is 11.6 Å². The Morgan fingerprint density at radius 3 is 2.63 bits per heavy atom. The molecule has 0 spiro atoms. The summed E-state index contributed by atoms with van der Waals surface area (Å²) in [5.74, 6) is 2.08. The van der Waals surface area contributed by atoms with Gasteiger partial charge in [0.2, 0.25) is 0 Å². The molecular formula is C16H22ClNO. The Kier molecular flexibility index (Phi) is 4.87. The first-order chi connectivity index (χ1) is 9.11.